The van der Waals surface area contributed by atoms with Gasteiger partial charge in [-0.1, -0.05) is 0 Å². The van der Waals surface area contributed by atoms with Gasteiger partial charge in [-0.25, -0.2) is 4.39 Å². The van der Waals surface area contributed by atoms with Gasteiger partial charge in [-0.15, -0.1) is 0 Å². The molecule has 0 heterocycles. The summed E-state index contributed by atoms with van der Waals surface area (Å²) in [5, 5.41) is 2.51. The lowest BCUT2D eigenvalue weighted by atomic mass is 10.3. The van der Waals surface area contributed by atoms with Crippen LogP contribution in [-0.2, 0) is 9.53 Å². The maximum atomic E-state index is 13.2. The Morgan fingerprint density at radius 2 is 2.25 bits per heavy atom. The summed E-state index contributed by atoms with van der Waals surface area (Å²) < 4.78 is 22.9. The molecule has 1 aromatic carbocycles. The van der Waals surface area contributed by atoms with Crippen molar-refractivity contribution in [1.29, 1.82) is 0 Å². The second-order valence-electron chi connectivity index (χ2n) is 3.03. The van der Waals surface area contributed by atoms with Crippen LogP contribution in [0, 0.1) is 5.82 Å². The summed E-state index contributed by atoms with van der Waals surface area (Å²) >= 11 is 0. The Kier molecular flexibility index (Phi) is 4.72. The maximum absolute atomic E-state index is 13.2. The van der Waals surface area contributed by atoms with Crippen LogP contribution in [0.5, 0.6) is 5.75 Å². The Labute approximate surface area is 93.4 Å². The first-order valence-electron chi connectivity index (χ1n) is 4.88. The normalized spacial score (nSPS) is 9.94. The van der Waals surface area contributed by atoms with Gasteiger partial charge in [-0.2, -0.15) is 0 Å². The van der Waals surface area contributed by atoms with Crippen LogP contribution in [0.25, 0.3) is 0 Å². The van der Waals surface area contributed by atoms with Crippen molar-refractivity contribution >= 4 is 11.6 Å². The molecule has 88 valence electrons. The molecule has 0 unspecified atom stereocenters. The van der Waals surface area contributed by atoms with Crippen LogP contribution in [0.4, 0.5) is 10.1 Å². The number of ether oxygens (including phenoxy) is 2. The molecule has 0 radical (unpaired) electrons. The van der Waals surface area contributed by atoms with E-state index >= 15 is 0 Å². The lowest BCUT2D eigenvalue weighted by Crippen LogP contribution is -2.18. The Balaban J connectivity index is 2.61. The molecule has 0 aliphatic heterocycles. The monoisotopic (exact) mass is 227 g/mol. The van der Waals surface area contributed by atoms with E-state index in [0.29, 0.717) is 12.3 Å². The van der Waals surface area contributed by atoms with E-state index in [4.69, 9.17) is 9.47 Å². The van der Waals surface area contributed by atoms with Crippen LogP contribution in [0.1, 0.15) is 6.92 Å². The van der Waals surface area contributed by atoms with Crippen LogP contribution in [0.15, 0.2) is 18.2 Å². The Morgan fingerprint density at radius 1 is 1.50 bits per heavy atom. The van der Waals surface area contributed by atoms with Gasteiger partial charge in [0.25, 0.3) is 0 Å². The average Bonchev–Trinajstić information content (AvgIpc) is 2.26. The average molecular weight is 227 g/mol. The van der Waals surface area contributed by atoms with Gasteiger partial charge in [-0.05, 0) is 19.1 Å². The zero-order valence-corrected chi connectivity index (χ0v) is 9.25. The number of rotatable bonds is 5. The van der Waals surface area contributed by atoms with Crippen molar-refractivity contribution in [2.75, 3.05) is 25.6 Å². The first-order chi connectivity index (χ1) is 7.67. The lowest BCUT2D eigenvalue weighted by molar-refractivity contribution is -0.120. The van der Waals surface area contributed by atoms with Crippen molar-refractivity contribution in [3.05, 3.63) is 24.0 Å². The standard InChI is InChI=1S/C11H14FNO3/c1-3-16-7-11(14)13-8-4-5-10(15-2)9(12)6-8/h4-6H,3,7H2,1-2H3,(H,13,14). The zero-order chi connectivity index (χ0) is 12.0. The Hall–Kier alpha value is -1.62. The van der Waals surface area contributed by atoms with Crippen LogP contribution in [0.2, 0.25) is 0 Å². The van der Waals surface area contributed by atoms with Gasteiger partial charge in [0, 0.05) is 18.4 Å². The summed E-state index contributed by atoms with van der Waals surface area (Å²) in [5.41, 5.74) is 0.378. The second kappa shape index (κ2) is 6.07. The smallest absolute Gasteiger partial charge is 0.250 e. The molecule has 1 N–H and O–H groups in total. The fourth-order valence-electron chi connectivity index (χ4n) is 1.14. The number of methoxy groups -OCH3 is 1. The quantitative estimate of drug-likeness (QED) is 0.834. The number of carbonyl (C=O) groups is 1. The van der Waals surface area contributed by atoms with E-state index in [1.54, 1.807) is 13.0 Å². The number of hydrogen-bond donors (Lipinski definition) is 1. The van der Waals surface area contributed by atoms with E-state index in [1.807, 2.05) is 0 Å². The van der Waals surface area contributed by atoms with E-state index in [1.165, 1.54) is 19.2 Å². The summed E-state index contributed by atoms with van der Waals surface area (Å²) in [6.45, 7) is 2.22. The van der Waals surface area contributed by atoms with Gasteiger partial charge < -0.3 is 14.8 Å². The van der Waals surface area contributed by atoms with E-state index < -0.39 is 5.82 Å². The Bertz CT molecular complexity index is 368. The number of amides is 1. The minimum absolute atomic E-state index is 0.0376. The first kappa shape index (κ1) is 12.4. The molecule has 1 rings (SSSR count). The number of hydrogen-bond acceptors (Lipinski definition) is 3. The van der Waals surface area contributed by atoms with Gasteiger partial charge in [-0.3, -0.25) is 4.79 Å². The fraction of sp³-hybridized carbons (Fsp3) is 0.364. The number of benzene rings is 1. The topological polar surface area (TPSA) is 47.6 Å². The highest BCUT2D eigenvalue weighted by Gasteiger charge is 2.06. The molecular weight excluding hydrogens is 213 g/mol. The number of nitrogens with one attached hydrogen (secondary N) is 1. The second-order valence-corrected chi connectivity index (χ2v) is 3.03. The minimum atomic E-state index is -0.517. The molecule has 16 heavy (non-hydrogen) atoms. The summed E-state index contributed by atoms with van der Waals surface area (Å²) in [7, 11) is 1.38. The van der Waals surface area contributed by atoms with E-state index in [-0.39, 0.29) is 18.3 Å². The van der Waals surface area contributed by atoms with Crippen LogP contribution < -0.4 is 10.1 Å². The number of halogens is 1. The van der Waals surface area contributed by atoms with Crippen molar-refractivity contribution in [3.8, 4) is 5.75 Å². The molecule has 0 atom stereocenters. The SMILES string of the molecule is CCOCC(=O)Nc1ccc(OC)c(F)c1. The van der Waals surface area contributed by atoms with Crippen LogP contribution in [0.3, 0.4) is 0 Å². The first-order valence-corrected chi connectivity index (χ1v) is 4.88. The van der Waals surface area contributed by atoms with Gasteiger partial charge in [0.1, 0.15) is 6.61 Å². The van der Waals surface area contributed by atoms with Crippen LogP contribution in [-0.4, -0.2) is 26.2 Å². The molecule has 4 nitrogen and oxygen atoms in total. The molecule has 0 spiro atoms. The number of carbonyl (C=O) groups excluding carboxylic acids is 1. The zero-order valence-electron chi connectivity index (χ0n) is 9.25. The van der Waals surface area contributed by atoms with Gasteiger partial charge in [0.15, 0.2) is 11.6 Å². The molecule has 0 fully saturated rings. The predicted molar refractivity (Wildman–Crippen MR) is 58.1 cm³/mol. The summed E-state index contributed by atoms with van der Waals surface area (Å²) in [4.78, 5) is 11.2. The molecule has 1 amide bonds. The summed E-state index contributed by atoms with van der Waals surface area (Å²) in [5.74, 6) is -0.689. The van der Waals surface area contributed by atoms with Gasteiger partial charge >= 0.3 is 0 Å². The van der Waals surface area contributed by atoms with Gasteiger partial charge in [0.2, 0.25) is 5.91 Å². The summed E-state index contributed by atoms with van der Waals surface area (Å²) in [6.07, 6.45) is 0. The van der Waals surface area contributed by atoms with Crippen molar-refractivity contribution in [1.82, 2.24) is 0 Å². The molecular formula is C11H14FNO3. The molecule has 0 saturated carbocycles. The highest BCUT2D eigenvalue weighted by molar-refractivity contribution is 5.91. The predicted octanol–water partition coefficient (Wildman–Crippen LogP) is 1.81. The van der Waals surface area contributed by atoms with Crippen molar-refractivity contribution in [2.24, 2.45) is 0 Å². The van der Waals surface area contributed by atoms with Crippen molar-refractivity contribution in [3.63, 3.8) is 0 Å². The molecule has 0 saturated heterocycles. The van der Waals surface area contributed by atoms with Gasteiger partial charge in [0.05, 0.1) is 7.11 Å². The molecule has 1 aromatic rings. The number of anilines is 1. The summed E-state index contributed by atoms with van der Waals surface area (Å²) in [6, 6.07) is 4.21. The van der Waals surface area contributed by atoms with E-state index in [0.717, 1.165) is 0 Å². The highest BCUT2D eigenvalue weighted by Crippen LogP contribution is 2.20. The molecule has 0 bridgehead atoms. The molecule has 5 heteroatoms. The van der Waals surface area contributed by atoms with E-state index in [9.17, 15) is 9.18 Å². The third-order valence-corrected chi connectivity index (χ3v) is 1.87. The lowest BCUT2D eigenvalue weighted by Gasteiger charge is -2.07. The molecule has 0 aliphatic carbocycles. The van der Waals surface area contributed by atoms with Crippen molar-refractivity contribution in [2.45, 2.75) is 6.92 Å². The molecule has 0 aromatic heterocycles. The third-order valence-electron chi connectivity index (χ3n) is 1.87. The van der Waals surface area contributed by atoms with Crippen molar-refractivity contribution < 1.29 is 18.7 Å². The Morgan fingerprint density at radius 3 is 2.81 bits per heavy atom. The highest BCUT2D eigenvalue weighted by atomic mass is 19.1. The largest absolute Gasteiger partial charge is 0.494 e. The fourth-order valence-corrected chi connectivity index (χ4v) is 1.14. The van der Waals surface area contributed by atoms with Crippen LogP contribution >= 0.6 is 0 Å². The minimum Gasteiger partial charge on any atom is -0.494 e. The maximum Gasteiger partial charge on any atom is 0.250 e. The molecule has 0 aliphatic rings. The third kappa shape index (κ3) is 3.51. The van der Waals surface area contributed by atoms with E-state index in [2.05, 4.69) is 5.32 Å².